The van der Waals surface area contributed by atoms with Crippen LogP contribution >= 0.6 is 35.3 Å². The van der Waals surface area contributed by atoms with Crippen molar-refractivity contribution in [2.75, 3.05) is 23.1 Å². The summed E-state index contributed by atoms with van der Waals surface area (Å²) in [5, 5.41) is 11.8. The largest absolute Gasteiger partial charge is 0.496 e. The van der Waals surface area contributed by atoms with E-state index in [9.17, 15) is 9.59 Å². The molecule has 3 N–H and O–H groups in total. The van der Waals surface area contributed by atoms with Crippen LogP contribution in [0.25, 0.3) is 11.3 Å². The number of nitrogens with one attached hydrogen (secondary N) is 3. The van der Waals surface area contributed by atoms with Crippen molar-refractivity contribution < 1.29 is 14.3 Å². The van der Waals surface area contributed by atoms with E-state index >= 15 is 0 Å². The van der Waals surface area contributed by atoms with Crippen LogP contribution in [-0.4, -0.2) is 34.1 Å². The number of anilines is 3. The van der Waals surface area contributed by atoms with Crippen molar-refractivity contribution in [3.63, 3.8) is 0 Å². The molecule has 39 heavy (non-hydrogen) atoms. The number of thiocarbonyl (C=S) groups is 1. The molecule has 0 radical (unpaired) electrons. The molecular weight excluding hydrogens is 549 g/mol. The molecule has 1 heterocycles. The van der Waals surface area contributed by atoms with Gasteiger partial charge >= 0.3 is 0 Å². The minimum Gasteiger partial charge on any atom is -0.496 e. The van der Waals surface area contributed by atoms with Gasteiger partial charge in [-0.1, -0.05) is 25.1 Å². The summed E-state index contributed by atoms with van der Waals surface area (Å²) in [5.41, 5.74) is 3.86. The molecule has 200 valence electrons. The number of Topliss-reactive ketones (excluding diaryl/α,β-unsaturated/α-hetero) is 1. The third-order valence-electron chi connectivity index (χ3n) is 5.70. The predicted molar refractivity (Wildman–Crippen MR) is 165 cm³/mol. The summed E-state index contributed by atoms with van der Waals surface area (Å²) < 4.78 is 5.43. The fourth-order valence-electron chi connectivity index (χ4n) is 3.71. The number of nitrogens with zero attached hydrogens (tertiary/aromatic N) is 1. The second-order valence-electron chi connectivity index (χ2n) is 8.48. The molecule has 0 saturated carbocycles. The Morgan fingerprint density at radius 3 is 2.46 bits per heavy atom. The quantitative estimate of drug-likeness (QED) is 0.103. The minimum absolute atomic E-state index is 0.0138. The highest BCUT2D eigenvalue weighted by molar-refractivity contribution is 8.00. The number of ketones is 1. The standard InChI is InChI=1S/C29H28N4O3S3/c1-4-26(27(35)33-29-32-24(17-38-29)23-10-5-6-11-25(23)36-3)39-22-9-7-8-21(16-22)31-28(37)30-20-14-12-19(13-15-20)18(2)34/h5-17,26H,4H2,1-3H3,(H2,30,31,37)(H,32,33,35). The van der Waals surface area contributed by atoms with Gasteiger partial charge in [-0.15, -0.1) is 23.1 Å². The molecule has 3 aromatic carbocycles. The van der Waals surface area contributed by atoms with E-state index in [1.807, 2.05) is 73.0 Å². The van der Waals surface area contributed by atoms with Gasteiger partial charge in [0.15, 0.2) is 16.0 Å². The molecule has 1 unspecified atom stereocenters. The maximum Gasteiger partial charge on any atom is 0.239 e. The van der Waals surface area contributed by atoms with Crippen LogP contribution in [-0.2, 0) is 4.79 Å². The molecule has 1 amide bonds. The molecular formula is C29H28N4O3S3. The molecule has 10 heteroatoms. The van der Waals surface area contributed by atoms with E-state index in [4.69, 9.17) is 17.0 Å². The van der Waals surface area contributed by atoms with Crippen LogP contribution in [0.1, 0.15) is 30.6 Å². The molecule has 7 nitrogen and oxygen atoms in total. The number of aromatic nitrogens is 1. The Balaban J connectivity index is 1.36. The molecule has 1 atom stereocenters. The first kappa shape index (κ1) is 28.3. The highest BCUT2D eigenvalue weighted by Gasteiger charge is 2.20. The Morgan fingerprint density at radius 2 is 1.74 bits per heavy atom. The van der Waals surface area contributed by atoms with E-state index in [1.165, 1.54) is 30.0 Å². The molecule has 0 spiro atoms. The van der Waals surface area contributed by atoms with Crippen molar-refractivity contribution in [1.29, 1.82) is 0 Å². The number of para-hydroxylation sites is 1. The van der Waals surface area contributed by atoms with E-state index in [0.29, 0.717) is 22.2 Å². The highest BCUT2D eigenvalue weighted by Crippen LogP contribution is 2.33. The number of thioether (sulfide) groups is 1. The van der Waals surface area contributed by atoms with Crippen LogP contribution in [0.5, 0.6) is 5.75 Å². The number of hydrogen-bond donors (Lipinski definition) is 3. The first-order valence-electron chi connectivity index (χ1n) is 12.2. The summed E-state index contributed by atoms with van der Waals surface area (Å²) in [4.78, 5) is 30.1. The second kappa shape index (κ2) is 13.4. The smallest absolute Gasteiger partial charge is 0.239 e. The van der Waals surface area contributed by atoms with Gasteiger partial charge in [0.25, 0.3) is 0 Å². The van der Waals surface area contributed by atoms with Gasteiger partial charge in [0.2, 0.25) is 5.91 Å². The first-order chi connectivity index (χ1) is 18.9. The highest BCUT2D eigenvalue weighted by atomic mass is 32.2. The molecule has 4 rings (SSSR count). The number of carbonyl (C=O) groups is 2. The van der Waals surface area contributed by atoms with Crippen LogP contribution in [0, 0.1) is 0 Å². The number of carbonyl (C=O) groups excluding carboxylic acids is 2. The third kappa shape index (κ3) is 7.66. The number of benzene rings is 3. The van der Waals surface area contributed by atoms with Gasteiger partial charge in [0, 0.05) is 32.8 Å². The van der Waals surface area contributed by atoms with Gasteiger partial charge < -0.3 is 20.7 Å². The summed E-state index contributed by atoms with van der Waals surface area (Å²) in [6, 6.07) is 22.5. The minimum atomic E-state index is -0.302. The van der Waals surface area contributed by atoms with Gasteiger partial charge in [0.1, 0.15) is 5.75 Å². The molecule has 0 bridgehead atoms. The maximum absolute atomic E-state index is 13.1. The average Bonchev–Trinajstić information content (AvgIpc) is 3.40. The Labute approximate surface area is 241 Å². The Hall–Kier alpha value is -3.73. The third-order valence-corrected chi connectivity index (χ3v) is 8.02. The van der Waals surface area contributed by atoms with E-state index in [2.05, 4.69) is 20.9 Å². The summed E-state index contributed by atoms with van der Waals surface area (Å²) in [6.07, 6.45) is 0.648. The van der Waals surface area contributed by atoms with E-state index < -0.39 is 0 Å². The maximum atomic E-state index is 13.1. The lowest BCUT2D eigenvalue weighted by molar-refractivity contribution is -0.115. The summed E-state index contributed by atoms with van der Waals surface area (Å²) in [7, 11) is 1.63. The number of thiazole rings is 1. The zero-order chi connectivity index (χ0) is 27.8. The Kier molecular flexibility index (Phi) is 9.69. The van der Waals surface area contributed by atoms with Crippen molar-refractivity contribution in [3.05, 3.63) is 83.7 Å². The average molecular weight is 577 g/mol. The Morgan fingerprint density at radius 1 is 1.00 bits per heavy atom. The lowest BCUT2D eigenvalue weighted by Crippen LogP contribution is -2.24. The second-order valence-corrected chi connectivity index (χ2v) is 11.0. The number of ether oxygens (including phenoxy) is 1. The lowest BCUT2D eigenvalue weighted by atomic mass is 10.1. The zero-order valence-electron chi connectivity index (χ0n) is 21.7. The molecule has 0 aliphatic carbocycles. The molecule has 0 aliphatic heterocycles. The fourth-order valence-corrected chi connectivity index (χ4v) is 5.67. The van der Waals surface area contributed by atoms with Gasteiger partial charge in [-0.2, -0.15) is 0 Å². The fraction of sp³-hybridized carbons (Fsp3) is 0.172. The van der Waals surface area contributed by atoms with Crippen LogP contribution in [0.2, 0.25) is 0 Å². The molecule has 0 saturated heterocycles. The molecule has 0 aliphatic rings. The van der Waals surface area contributed by atoms with Crippen LogP contribution in [0.4, 0.5) is 16.5 Å². The van der Waals surface area contributed by atoms with Gasteiger partial charge in [0.05, 0.1) is 18.1 Å². The first-order valence-corrected chi connectivity index (χ1v) is 14.4. The van der Waals surface area contributed by atoms with Crippen molar-refractivity contribution in [1.82, 2.24) is 4.98 Å². The van der Waals surface area contributed by atoms with Crippen LogP contribution < -0.4 is 20.7 Å². The topological polar surface area (TPSA) is 92.3 Å². The van der Waals surface area contributed by atoms with Gasteiger partial charge in [-0.25, -0.2) is 4.98 Å². The van der Waals surface area contributed by atoms with E-state index in [-0.39, 0.29) is 16.9 Å². The molecule has 0 fully saturated rings. The molecule has 4 aromatic rings. The number of amides is 1. The molecule has 1 aromatic heterocycles. The zero-order valence-corrected chi connectivity index (χ0v) is 24.1. The number of methoxy groups -OCH3 is 1. The predicted octanol–water partition coefficient (Wildman–Crippen LogP) is 7.34. The van der Waals surface area contributed by atoms with Gasteiger partial charge in [-0.05, 0) is 80.2 Å². The van der Waals surface area contributed by atoms with Crippen molar-refractivity contribution >= 4 is 68.6 Å². The number of rotatable bonds is 10. The summed E-state index contributed by atoms with van der Waals surface area (Å²) >= 11 is 8.32. The Bertz CT molecular complexity index is 1470. The van der Waals surface area contributed by atoms with Crippen LogP contribution in [0.15, 0.2) is 83.1 Å². The van der Waals surface area contributed by atoms with Crippen molar-refractivity contribution in [2.45, 2.75) is 30.4 Å². The number of hydrogen-bond acceptors (Lipinski definition) is 7. The van der Waals surface area contributed by atoms with E-state index in [0.717, 1.165) is 33.3 Å². The lowest BCUT2D eigenvalue weighted by Gasteiger charge is -2.15. The van der Waals surface area contributed by atoms with Crippen molar-refractivity contribution in [2.24, 2.45) is 0 Å². The van der Waals surface area contributed by atoms with E-state index in [1.54, 1.807) is 19.2 Å². The van der Waals surface area contributed by atoms with Crippen molar-refractivity contribution in [3.8, 4) is 17.0 Å². The monoisotopic (exact) mass is 576 g/mol. The summed E-state index contributed by atoms with van der Waals surface area (Å²) in [5.74, 6) is 0.643. The summed E-state index contributed by atoms with van der Waals surface area (Å²) in [6.45, 7) is 3.52. The SMILES string of the molecule is CCC(Sc1cccc(NC(=S)Nc2ccc(C(C)=O)cc2)c1)C(=O)Nc1nc(-c2ccccc2OC)cs1. The van der Waals surface area contributed by atoms with Crippen LogP contribution in [0.3, 0.4) is 0 Å². The van der Waals surface area contributed by atoms with Gasteiger partial charge in [-0.3, -0.25) is 9.59 Å². The normalized spacial score (nSPS) is 11.4.